The molecule has 0 aromatic heterocycles. The van der Waals surface area contributed by atoms with Gasteiger partial charge in [-0.15, -0.1) is 0 Å². The maximum atomic E-state index is 12.2. The molecule has 1 heterocycles. The first-order valence-electron chi connectivity index (χ1n) is 6.70. The van der Waals surface area contributed by atoms with Gasteiger partial charge in [0.2, 0.25) is 0 Å². The number of aliphatic hydroxyl groups is 1. The third-order valence-corrected chi connectivity index (χ3v) is 4.78. The summed E-state index contributed by atoms with van der Waals surface area (Å²) in [5.74, 6) is 0. The minimum atomic E-state index is -3.95. The molecule has 0 saturated carbocycles. The average molecular weight is 316 g/mol. The number of hydrogen-bond donors (Lipinski definition) is 1. The van der Waals surface area contributed by atoms with Crippen molar-refractivity contribution in [3.8, 4) is 0 Å². The SMILES string of the molecule is CO[C@H]1C[C@H](O)[C@@H](OS(=O)(=O)c2ccc(C)cc2)[C@H](C)O1. The molecule has 0 amide bonds. The predicted octanol–water partition coefficient (Wildman–Crippen LogP) is 1.21. The van der Waals surface area contributed by atoms with Crippen LogP contribution in [-0.4, -0.2) is 45.2 Å². The van der Waals surface area contributed by atoms with Crippen LogP contribution in [0.15, 0.2) is 29.2 Å². The summed E-state index contributed by atoms with van der Waals surface area (Å²) in [6, 6.07) is 6.33. The normalized spacial score (nSPS) is 30.3. The lowest BCUT2D eigenvalue weighted by atomic mass is 10.0. The molecule has 7 heteroatoms. The van der Waals surface area contributed by atoms with E-state index in [-0.39, 0.29) is 11.3 Å². The Morgan fingerprint density at radius 3 is 2.43 bits per heavy atom. The van der Waals surface area contributed by atoms with Crippen molar-refractivity contribution < 1.29 is 27.2 Å². The van der Waals surface area contributed by atoms with Crippen LogP contribution in [0.1, 0.15) is 18.9 Å². The number of rotatable bonds is 4. The zero-order chi connectivity index (χ0) is 15.6. The Hall–Kier alpha value is -0.990. The average Bonchev–Trinajstić information content (AvgIpc) is 2.43. The van der Waals surface area contributed by atoms with Gasteiger partial charge in [-0.25, -0.2) is 0 Å². The van der Waals surface area contributed by atoms with Gasteiger partial charge in [0.15, 0.2) is 6.29 Å². The highest BCUT2D eigenvalue weighted by molar-refractivity contribution is 7.86. The fourth-order valence-electron chi connectivity index (χ4n) is 2.22. The van der Waals surface area contributed by atoms with Crippen LogP contribution in [0.5, 0.6) is 0 Å². The van der Waals surface area contributed by atoms with Gasteiger partial charge in [-0.05, 0) is 26.0 Å². The quantitative estimate of drug-likeness (QED) is 0.841. The minimum absolute atomic E-state index is 0.0568. The van der Waals surface area contributed by atoms with Gasteiger partial charge in [0.05, 0.1) is 17.1 Å². The number of aryl methyl sites for hydroxylation is 1. The topological polar surface area (TPSA) is 82.1 Å². The van der Waals surface area contributed by atoms with Crippen molar-refractivity contribution >= 4 is 10.1 Å². The smallest absolute Gasteiger partial charge is 0.297 e. The van der Waals surface area contributed by atoms with E-state index < -0.39 is 34.7 Å². The lowest BCUT2D eigenvalue weighted by Gasteiger charge is -2.36. The summed E-state index contributed by atoms with van der Waals surface area (Å²) in [6.07, 6.45) is -2.92. The van der Waals surface area contributed by atoms with Crippen LogP contribution in [0.3, 0.4) is 0 Å². The summed E-state index contributed by atoms with van der Waals surface area (Å²) in [5.41, 5.74) is 0.950. The van der Waals surface area contributed by atoms with E-state index in [4.69, 9.17) is 13.7 Å². The number of ether oxygens (including phenoxy) is 2. The molecule has 1 fully saturated rings. The van der Waals surface area contributed by atoms with E-state index in [2.05, 4.69) is 0 Å². The molecular formula is C14H20O6S. The predicted molar refractivity (Wildman–Crippen MR) is 75.2 cm³/mol. The van der Waals surface area contributed by atoms with Crippen molar-refractivity contribution in [1.82, 2.24) is 0 Å². The molecule has 0 aliphatic carbocycles. The second kappa shape index (κ2) is 6.41. The van der Waals surface area contributed by atoms with Gasteiger partial charge in [-0.3, -0.25) is 4.18 Å². The fraction of sp³-hybridized carbons (Fsp3) is 0.571. The molecule has 1 aliphatic rings. The molecule has 21 heavy (non-hydrogen) atoms. The van der Waals surface area contributed by atoms with Crippen molar-refractivity contribution in [1.29, 1.82) is 0 Å². The van der Waals surface area contributed by atoms with Gasteiger partial charge < -0.3 is 14.6 Å². The van der Waals surface area contributed by atoms with Gasteiger partial charge in [0.1, 0.15) is 6.10 Å². The van der Waals surface area contributed by atoms with Crippen molar-refractivity contribution in [2.75, 3.05) is 7.11 Å². The Labute approximate surface area is 124 Å². The Bertz CT molecular complexity index is 556. The standard InChI is InChI=1S/C14H20O6S/c1-9-4-6-11(7-5-9)21(16,17)20-14-10(2)19-13(18-3)8-12(14)15/h4-7,10,12-15H,8H2,1-3H3/t10-,12-,13+,14-/m0/s1. The maximum absolute atomic E-state index is 12.2. The number of methoxy groups -OCH3 is 1. The zero-order valence-corrected chi connectivity index (χ0v) is 13.0. The maximum Gasteiger partial charge on any atom is 0.297 e. The second-order valence-electron chi connectivity index (χ2n) is 5.14. The lowest BCUT2D eigenvalue weighted by Crippen LogP contribution is -2.49. The Morgan fingerprint density at radius 2 is 1.90 bits per heavy atom. The van der Waals surface area contributed by atoms with Gasteiger partial charge in [0.25, 0.3) is 10.1 Å². The van der Waals surface area contributed by atoms with E-state index >= 15 is 0 Å². The molecule has 118 valence electrons. The minimum Gasteiger partial charge on any atom is -0.390 e. The van der Waals surface area contributed by atoms with Gasteiger partial charge in [-0.1, -0.05) is 17.7 Å². The van der Waals surface area contributed by atoms with Crippen LogP contribution in [0.2, 0.25) is 0 Å². The highest BCUT2D eigenvalue weighted by Gasteiger charge is 2.39. The molecule has 1 aliphatic heterocycles. The largest absolute Gasteiger partial charge is 0.390 e. The van der Waals surface area contributed by atoms with Crippen LogP contribution in [0.4, 0.5) is 0 Å². The highest BCUT2D eigenvalue weighted by Crippen LogP contribution is 2.26. The van der Waals surface area contributed by atoms with Crippen molar-refractivity contribution in [3.05, 3.63) is 29.8 Å². The van der Waals surface area contributed by atoms with Crippen LogP contribution < -0.4 is 0 Å². The highest BCUT2D eigenvalue weighted by atomic mass is 32.2. The van der Waals surface area contributed by atoms with Crippen LogP contribution in [0.25, 0.3) is 0 Å². The first kappa shape index (κ1) is 16.4. The Balaban J connectivity index is 2.14. The monoisotopic (exact) mass is 316 g/mol. The zero-order valence-electron chi connectivity index (χ0n) is 12.2. The summed E-state index contributed by atoms with van der Waals surface area (Å²) in [5, 5.41) is 10.0. The van der Waals surface area contributed by atoms with Crippen molar-refractivity contribution in [2.45, 2.75) is 49.8 Å². The second-order valence-corrected chi connectivity index (χ2v) is 6.71. The van der Waals surface area contributed by atoms with Crippen LogP contribution in [-0.2, 0) is 23.8 Å². The summed E-state index contributed by atoms with van der Waals surface area (Å²) >= 11 is 0. The molecule has 1 saturated heterocycles. The summed E-state index contributed by atoms with van der Waals surface area (Å²) in [4.78, 5) is 0.0568. The molecule has 6 nitrogen and oxygen atoms in total. The lowest BCUT2D eigenvalue weighted by molar-refractivity contribution is -0.231. The Kier molecular flexibility index (Phi) is 5.00. The van der Waals surface area contributed by atoms with E-state index in [1.165, 1.54) is 19.2 Å². The third-order valence-electron chi connectivity index (χ3n) is 3.45. The van der Waals surface area contributed by atoms with E-state index in [1.54, 1.807) is 19.1 Å². The van der Waals surface area contributed by atoms with E-state index in [0.717, 1.165) is 5.56 Å². The van der Waals surface area contributed by atoms with Crippen molar-refractivity contribution in [3.63, 3.8) is 0 Å². The summed E-state index contributed by atoms with van der Waals surface area (Å²) < 4.78 is 40.1. The fourth-order valence-corrected chi connectivity index (χ4v) is 3.38. The third kappa shape index (κ3) is 3.81. The van der Waals surface area contributed by atoms with E-state index in [0.29, 0.717) is 0 Å². The van der Waals surface area contributed by atoms with Crippen LogP contribution >= 0.6 is 0 Å². The molecule has 0 radical (unpaired) electrons. The number of benzene rings is 1. The first-order valence-corrected chi connectivity index (χ1v) is 8.10. The van der Waals surface area contributed by atoms with Crippen molar-refractivity contribution in [2.24, 2.45) is 0 Å². The number of aliphatic hydroxyl groups excluding tert-OH is 1. The molecule has 1 aromatic rings. The van der Waals surface area contributed by atoms with E-state index in [9.17, 15) is 13.5 Å². The molecule has 0 unspecified atom stereocenters. The molecule has 2 rings (SSSR count). The first-order chi connectivity index (χ1) is 9.83. The van der Waals surface area contributed by atoms with Gasteiger partial charge >= 0.3 is 0 Å². The molecule has 1 aromatic carbocycles. The van der Waals surface area contributed by atoms with Gasteiger partial charge in [0, 0.05) is 13.5 Å². The van der Waals surface area contributed by atoms with E-state index in [1.807, 2.05) is 6.92 Å². The van der Waals surface area contributed by atoms with Gasteiger partial charge in [-0.2, -0.15) is 8.42 Å². The molecule has 0 spiro atoms. The summed E-state index contributed by atoms with van der Waals surface area (Å²) in [6.45, 7) is 3.51. The molecule has 0 bridgehead atoms. The molecule has 4 atom stereocenters. The molecular weight excluding hydrogens is 296 g/mol. The molecule has 1 N–H and O–H groups in total. The Morgan fingerprint density at radius 1 is 1.29 bits per heavy atom. The number of hydrogen-bond acceptors (Lipinski definition) is 6. The van der Waals surface area contributed by atoms with Crippen LogP contribution in [0, 0.1) is 6.92 Å². The summed E-state index contributed by atoms with van der Waals surface area (Å²) in [7, 11) is -2.48.